The first-order valence-electron chi connectivity index (χ1n) is 6.53. The molecule has 108 valence electrons. The maximum Gasteiger partial charge on any atom is 0.435 e. The fourth-order valence-electron chi connectivity index (χ4n) is 2.14. The monoisotopic (exact) mass is 277 g/mol. The number of rotatable bonds is 1. The van der Waals surface area contributed by atoms with Gasteiger partial charge in [0.15, 0.2) is 0 Å². The second-order valence-electron chi connectivity index (χ2n) is 5.83. The zero-order chi connectivity index (χ0) is 14.9. The average Bonchev–Trinajstić information content (AvgIpc) is 2.92. The number of ether oxygens (including phenoxy) is 1. The second-order valence-corrected chi connectivity index (χ2v) is 5.83. The highest BCUT2D eigenvalue weighted by molar-refractivity contribution is 5.67. The summed E-state index contributed by atoms with van der Waals surface area (Å²) >= 11 is 0. The van der Waals surface area contributed by atoms with Crippen LogP contribution in [0.5, 0.6) is 0 Å². The predicted molar refractivity (Wildman–Crippen MR) is 71.5 cm³/mol. The van der Waals surface area contributed by atoms with E-state index in [-0.39, 0.29) is 6.04 Å². The van der Waals surface area contributed by atoms with Gasteiger partial charge in [-0.3, -0.25) is 4.84 Å². The van der Waals surface area contributed by atoms with E-state index in [1.807, 2.05) is 27.0 Å². The zero-order valence-corrected chi connectivity index (χ0v) is 12.2. The molecular formula is C14H19N3O3. The molecule has 0 radical (unpaired) electrons. The molecule has 1 amide bonds. The van der Waals surface area contributed by atoms with Crippen molar-refractivity contribution < 1.29 is 14.4 Å². The summed E-state index contributed by atoms with van der Waals surface area (Å²) in [4.78, 5) is 17.5. The quantitative estimate of drug-likeness (QED) is 0.791. The van der Waals surface area contributed by atoms with Crippen molar-refractivity contribution in [2.45, 2.75) is 38.8 Å². The number of carbonyl (C=O) groups is 1. The van der Waals surface area contributed by atoms with Crippen LogP contribution in [-0.2, 0) is 16.6 Å². The van der Waals surface area contributed by atoms with Gasteiger partial charge in [0, 0.05) is 19.7 Å². The minimum Gasteiger partial charge on any atom is -0.442 e. The van der Waals surface area contributed by atoms with Crippen molar-refractivity contribution in [1.82, 2.24) is 9.63 Å². The lowest BCUT2D eigenvalue weighted by molar-refractivity contribution is -0.125. The normalized spacial score (nSPS) is 18.9. The van der Waals surface area contributed by atoms with Crippen LogP contribution in [0.2, 0.25) is 0 Å². The molecule has 1 fully saturated rings. The molecule has 1 aromatic heterocycles. The van der Waals surface area contributed by atoms with Gasteiger partial charge in [-0.2, -0.15) is 10.3 Å². The lowest BCUT2D eigenvalue weighted by atomic mass is 10.1. The van der Waals surface area contributed by atoms with Gasteiger partial charge >= 0.3 is 6.09 Å². The van der Waals surface area contributed by atoms with Gasteiger partial charge < -0.3 is 9.30 Å². The number of nitrogens with zero attached hydrogens (tertiary/aromatic N) is 3. The van der Waals surface area contributed by atoms with Gasteiger partial charge in [0.1, 0.15) is 17.4 Å². The molecule has 0 aliphatic carbocycles. The fourth-order valence-corrected chi connectivity index (χ4v) is 2.14. The molecule has 1 aliphatic rings. The summed E-state index contributed by atoms with van der Waals surface area (Å²) in [5, 5.41) is 10.3. The number of hydroxylamine groups is 2. The van der Waals surface area contributed by atoms with Crippen LogP contribution in [0.1, 0.15) is 44.5 Å². The Morgan fingerprint density at radius 2 is 2.25 bits per heavy atom. The van der Waals surface area contributed by atoms with E-state index in [0.717, 1.165) is 5.56 Å². The summed E-state index contributed by atoms with van der Waals surface area (Å²) < 4.78 is 7.06. The first kappa shape index (κ1) is 14.4. The average molecular weight is 277 g/mol. The van der Waals surface area contributed by atoms with E-state index >= 15 is 0 Å². The number of amides is 1. The number of hydrogen-bond donors (Lipinski definition) is 0. The third-order valence-electron chi connectivity index (χ3n) is 3.00. The van der Waals surface area contributed by atoms with Crippen molar-refractivity contribution >= 4 is 6.09 Å². The minimum absolute atomic E-state index is 0.210. The third-order valence-corrected chi connectivity index (χ3v) is 3.00. The fraction of sp³-hybridized carbons (Fsp3) is 0.571. The van der Waals surface area contributed by atoms with E-state index in [1.54, 1.807) is 17.7 Å². The van der Waals surface area contributed by atoms with E-state index in [0.29, 0.717) is 18.7 Å². The van der Waals surface area contributed by atoms with Crippen molar-refractivity contribution in [3.05, 3.63) is 23.5 Å². The Bertz CT molecular complexity index is 551. The molecule has 1 aliphatic heterocycles. The maximum atomic E-state index is 12.1. The van der Waals surface area contributed by atoms with Crippen molar-refractivity contribution in [1.29, 1.82) is 5.26 Å². The lowest BCUT2D eigenvalue weighted by Gasteiger charge is -2.26. The molecule has 1 saturated heterocycles. The molecule has 2 heterocycles. The van der Waals surface area contributed by atoms with Crippen LogP contribution >= 0.6 is 0 Å². The molecule has 0 bridgehead atoms. The van der Waals surface area contributed by atoms with Crippen LogP contribution in [0.15, 0.2) is 12.3 Å². The topological polar surface area (TPSA) is 67.5 Å². The van der Waals surface area contributed by atoms with Crippen molar-refractivity contribution in [3.8, 4) is 6.07 Å². The molecule has 1 atom stereocenters. The van der Waals surface area contributed by atoms with Gasteiger partial charge in [-0.1, -0.05) is 0 Å². The SMILES string of the molecule is Cn1cc(C2CCON2C(=O)OC(C)(C)C)cc1C#N. The smallest absolute Gasteiger partial charge is 0.435 e. The molecule has 6 nitrogen and oxygen atoms in total. The Balaban J connectivity index is 2.19. The zero-order valence-electron chi connectivity index (χ0n) is 12.2. The number of aromatic nitrogens is 1. The standard InChI is InChI=1S/C14H19N3O3/c1-14(2,3)20-13(18)17-12(5-6-19-17)10-7-11(8-15)16(4)9-10/h7,9,12H,5-6H2,1-4H3. The Morgan fingerprint density at radius 3 is 2.80 bits per heavy atom. The van der Waals surface area contributed by atoms with Crippen molar-refractivity contribution in [3.63, 3.8) is 0 Å². The van der Waals surface area contributed by atoms with Gasteiger partial charge in [-0.05, 0) is 32.4 Å². The molecule has 6 heteroatoms. The third kappa shape index (κ3) is 2.94. The first-order valence-corrected chi connectivity index (χ1v) is 6.53. The molecule has 2 rings (SSSR count). The van der Waals surface area contributed by atoms with Crippen LogP contribution in [0.25, 0.3) is 0 Å². The maximum absolute atomic E-state index is 12.1. The second kappa shape index (κ2) is 5.17. The number of hydrogen-bond acceptors (Lipinski definition) is 4. The van der Waals surface area contributed by atoms with Gasteiger partial charge in [0.25, 0.3) is 0 Å². The minimum atomic E-state index is -0.567. The van der Waals surface area contributed by atoms with E-state index < -0.39 is 11.7 Å². The summed E-state index contributed by atoms with van der Waals surface area (Å²) in [6, 6.07) is 3.67. The molecular weight excluding hydrogens is 258 g/mol. The molecule has 1 aromatic rings. The summed E-state index contributed by atoms with van der Waals surface area (Å²) in [5.74, 6) is 0. The van der Waals surface area contributed by atoms with Crippen LogP contribution in [0.4, 0.5) is 4.79 Å². The highest BCUT2D eigenvalue weighted by Gasteiger charge is 2.35. The Morgan fingerprint density at radius 1 is 1.55 bits per heavy atom. The van der Waals surface area contributed by atoms with Crippen molar-refractivity contribution in [2.24, 2.45) is 7.05 Å². The van der Waals surface area contributed by atoms with Gasteiger partial charge in [0.05, 0.1) is 12.6 Å². The summed E-state index contributed by atoms with van der Waals surface area (Å²) in [7, 11) is 1.80. The Kier molecular flexibility index (Phi) is 3.73. The first-order chi connectivity index (χ1) is 9.31. The Hall–Kier alpha value is -2.00. The Labute approximate surface area is 118 Å². The molecule has 0 N–H and O–H groups in total. The van der Waals surface area contributed by atoms with Crippen LogP contribution < -0.4 is 0 Å². The number of aryl methyl sites for hydroxylation is 1. The van der Waals surface area contributed by atoms with Gasteiger partial charge in [-0.25, -0.2) is 4.79 Å². The summed E-state index contributed by atoms with van der Waals surface area (Å²) in [6.07, 6.45) is 2.03. The summed E-state index contributed by atoms with van der Waals surface area (Å²) in [6.45, 7) is 5.89. The van der Waals surface area contributed by atoms with Crippen LogP contribution in [0, 0.1) is 11.3 Å². The highest BCUT2D eigenvalue weighted by atomic mass is 16.7. The molecule has 0 aromatic carbocycles. The van der Waals surface area contributed by atoms with E-state index in [1.165, 1.54) is 5.06 Å². The largest absolute Gasteiger partial charge is 0.442 e. The van der Waals surface area contributed by atoms with Gasteiger partial charge in [0.2, 0.25) is 0 Å². The number of carbonyl (C=O) groups excluding carboxylic acids is 1. The predicted octanol–water partition coefficient (Wildman–Crippen LogP) is 2.51. The van der Waals surface area contributed by atoms with Crippen LogP contribution in [-0.4, -0.2) is 27.9 Å². The van der Waals surface area contributed by atoms with Crippen LogP contribution in [0.3, 0.4) is 0 Å². The molecule has 20 heavy (non-hydrogen) atoms. The van der Waals surface area contributed by atoms with Gasteiger partial charge in [-0.15, -0.1) is 0 Å². The van der Waals surface area contributed by atoms with Crippen molar-refractivity contribution in [2.75, 3.05) is 6.61 Å². The molecule has 1 unspecified atom stereocenters. The molecule has 0 spiro atoms. The molecule has 0 saturated carbocycles. The highest BCUT2D eigenvalue weighted by Crippen LogP contribution is 2.32. The van der Waals surface area contributed by atoms with E-state index in [4.69, 9.17) is 14.8 Å². The lowest BCUT2D eigenvalue weighted by Crippen LogP contribution is -2.35. The van der Waals surface area contributed by atoms with E-state index in [9.17, 15) is 4.79 Å². The summed E-state index contributed by atoms with van der Waals surface area (Å²) in [5.41, 5.74) is 0.866. The van der Waals surface area contributed by atoms with E-state index in [2.05, 4.69) is 6.07 Å². The number of nitriles is 1.